The van der Waals surface area contributed by atoms with Crippen LogP contribution in [0.3, 0.4) is 0 Å². The van der Waals surface area contributed by atoms with Crippen LogP contribution in [-0.2, 0) is 11.8 Å². The molecule has 7 nitrogen and oxygen atoms in total. The maximum Gasteiger partial charge on any atom is 0.193 e. The van der Waals surface area contributed by atoms with E-state index in [1.807, 2.05) is 31.2 Å². The second-order valence-corrected chi connectivity index (χ2v) is 6.60. The Hall–Kier alpha value is -0.870. The van der Waals surface area contributed by atoms with E-state index in [1.165, 1.54) is 19.5 Å². The zero-order valence-electron chi connectivity index (χ0n) is 14.8. The number of aromatic nitrogens is 2. The minimum Gasteiger partial charge on any atom is -0.370 e. The number of ether oxygens (including phenoxy) is 1. The molecule has 136 valence electrons. The Labute approximate surface area is 161 Å². The number of aryl methyl sites for hydroxylation is 1. The molecule has 0 radical (unpaired) electrons. The van der Waals surface area contributed by atoms with E-state index < -0.39 is 0 Å². The first-order chi connectivity index (χ1) is 11.2. The molecule has 2 atom stereocenters. The molecule has 0 saturated carbocycles. The van der Waals surface area contributed by atoms with E-state index in [9.17, 15) is 0 Å². The number of hydrogen-bond donors (Lipinski definition) is 1. The normalized spacial score (nSPS) is 25.6. The van der Waals surface area contributed by atoms with Crippen LogP contribution >= 0.6 is 24.0 Å². The van der Waals surface area contributed by atoms with Crippen LogP contribution in [0.1, 0.15) is 18.1 Å². The second kappa shape index (κ2) is 9.00. The number of guanidine groups is 1. The average molecular weight is 448 g/mol. The number of nitrogens with zero attached hydrogens (tertiary/aromatic N) is 5. The maximum atomic E-state index is 5.91. The fraction of sp³-hybridized carbons (Fsp3) is 0.750. The average Bonchev–Trinajstić information content (AvgIpc) is 3.17. The minimum absolute atomic E-state index is 0. The Morgan fingerprint density at radius 1 is 1.38 bits per heavy atom. The van der Waals surface area contributed by atoms with Crippen molar-refractivity contribution in [3.63, 3.8) is 0 Å². The third-order valence-electron chi connectivity index (χ3n) is 4.71. The molecule has 2 unspecified atom stereocenters. The van der Waals surface area contributed by atoms with Crippen molar-refractivity contribution in [3.05, 3.63) is 18.0 Å². The number of rotatable bonds is 3. The number of halogens is 1. The fourth-order valence-electron chi connectivity index (χ4n) is 3.41. The van der Waals surface area contributed by atoms with Gasteiger partial charge in [0.15, 0.2) is 5.96 Å². The summed E-state index contributed by atoms with van der Waals surface area (Å²) in [6.07, 6.45) is 5.24. The molecule has 0 bridgehead atoms. The molecule has 1 N–H and O–H groups in total. The van der Waals surface area contributed by atoms with Crippen molar-refractivity contribution in [2.24, 2.45) is 18.0 Å². The molecule has 3 heterocycles. The highest BCUT2D eigenvalue weighted by Crippen LogP contribution is 2.21. The predicted molar refractivity (Wildman–Crippen MR) is 106 cm³/mol. The highest BCUT2D eigenvalue weighted by atomic mass is 127. The van der Waals surface area contributed by atoms with Crippen molar-refractivity contribution >= 4 is 29.9 Å². The molecule has 2 saturated heterocycles. The van der Waals surface area contributed by atoms with Crippen LogP contribution in [0, 0.1) is 5.92 Å². The zero-order chi connectivity index (χ0) is 16.2. The third kappa shape index (κ3) is 4.82. The van der Waals surface area contributed by atoms with Crippen molar-refractivity contribution in [2.45, 2.75) is 12.5 Å². The van der Waals surface area contributed by atoms with Gasteiger partial charge >= 0.3 is 0 Å². The quantitative estimate of drug-likeness (QED) is 0.424. The Kier molecular flexibility index (Phi) is 7.30. The summed E-state index contributed by atoms with van der Waals surface area (Å²) in [6, 6.07) is 0. The van der Waals surface area contributed by atoms with Crippen LogP contribution < -0.4 is 5.32 Å². The summed E-state index contributed by atoms with van der Waals surface area (Å²) in [5.41, 5.74) is 1.13. The first kappa shape index (κ1) is 19.5. The summed E-state index contributed by atoms with van der Waals surface area (Å²) in [6.45, 7) is 5.77. The van der Waals surface area contributed by atoms with Crippen LogP contribution in [0.2, 0.25) is 0 Å². The Balaban J connectivity index is 0.00000208. The molecule has 2 aliphatic heterocycles. The van der Waals surface area contributed by atoms with Gasteiger partial charge in [0, 0.05) is 45.5 Å². The first-order valence-corrected chi connectivity index (χ1v) is 8.40. The number of nitrogens with one attached hydrogen (secondary N) is 1. The predicted octanol–water partition coefficient (Wildman–Crippen LogP) is 0.938. The molecule has 2 fully saturated rings. The molecule has 0 aliphatic carbocycles. The Morgan fingerprint density at radius 2 is 2.21 bits per heavy atom. The third-order valence-corrected chi connectivity index (χ3v) is 4.71. The highest BCUT2D eigenvalue weighted by molar-refractivity contribution is 14.0. The summed E-state index contributed by atoms with van der Waals surface area (Å²) in [5, 5.41) is 7.80. The van der Waals surface area contributed by atoms with Gasteiger partial charge in [0.1, 0.15) is 6.10 Å². The zero-order valence-corrected chi connectivity index (χ0v) is 17.1. The van der Waals surface area contributed by atoms with E-state index >= 15 is 0 Å². The summed E-state index contributed by atoms with van der Waals surface area (Å²) in [5.74, 6) is 1.70. The van der Waals surface area contributed by atoms with Gasteiger partial charge < -0.3 is 19.9 Å². The van der Waals surface area contributed by atoms with E-state index in [0.717, 1.165) is 31.2 Å². The van der Waals surface area contributed by atoms with Crippen LogP contribution in [0.25, 0.3) is 0 Å². The molecule has 8 heteroatoms. The second-order valence-electron chi connectivity index (χ2n) is 6.60. The van der Waals surface area contributed by atoms with Crippen molar-refractivity contribution in [1.29, 1.82) is 0 Å². The van der Waals surface area contributed by atoms with Crippen molar-refractivity contribution in [3.8, 4) is 0 Å². The van der Waals surface area contributed by atoms with Gasteiger partial charge in [0.25, 0.3) is 0 Å². The molecule has 0 aromatic carbocycles. The van der Waals surface area contributed by atoms with E-state index in [0.29, 0.717) is 12.5 Å². The fourth-order valence-corrected chi connectivity index (χ4v) is 3.41. The largest absolute Gasteiger partial charge is 0.370 e. The number of morpholine rings is 1. The van der Waals surface area contributed by atoms with E-state index in [2.05, 4.69) is 32.3 Å². The van der Waals surface area contributed by atoms with E-state index in [-0.39, 0.29) is 30.1 Å². The standard InChI is InChI=1S/C16H28N6O.HI/c1-17-16(18-8-13-4-5-20(2)10-13)22-6-7-23-15(12-22)14-9-19-21(3)11-14;/h9,11,13,15H,4-8,10,12H2,1-3H3,(H,17,18);1H. The molecule has 0 amide bonds. The molecule has 2 aliphatic rings. The summed E-state index contributed by atoms with van der Waals surface area (Å²) >= 11 is 0. The van der Waals surface area contributed by atoms with Gasteiger partial charge in [-0.2, -0.15) is 5.10 Å². The van der Waals surface area contributed by atoms with Crippen molar-refractivity contribution < 1.29 is 4.74 Å². The lowest BCUT2D eigenvalue weighted by atomic mass is 10.1. The monoisotopic (exact) mass is 448 g/mol. The summed E-state index contributed by atoms with van der Waals surface area (Å²) < 4.78 is 7.73. The van der Waals surface area contributed by atoms with Gasteiger partial charge in [0.05, 0.1) is 19.3 Å². The summed E-state index contributed by atoms with van der Waals surface area (Å²) in [7, 11) is 5.98. The highest BCUT2D eigenvalue weighted by Gasteiger charge is 2.26. The summed E-state index contributed by atoms with van der Waals surface area (Å²) in [4.78, 5) is 9.15. The van der Waals surface area contributed by atoms with Gasteiger partial charge in [0.2, 0.25) is 0 Å². The molecule has 3 rings (SSSR count). The number of likely N-dealkylation sites (tertiary alicyclic amines) is 1. The van der Waals surface area contributed by atoms with Gasteiger partial charge in [-0.1, -0.05) is 0 Å². The lowest BCUT2D eigenvalue weighted by Gasteiger charge is -2.35. The number of aliphatic imine (C=N–C) groups is 1. The Morgan fingerprint density at radius 3 is 2.83 bits per heavy atom. The molecule has 1 aromatic heterocycles. The smallest absolute Gasteiger partial charge is 0.193 e. The van der Waals surface area contributed by atoms with Crippen LogP contribution in [-0.4, -0.2) is 79.0 Å². The lowest BCUT2D eigenvalue weighted by Crippen LogP contribution is -2.49. The van der Waals surface area contributed by atoms with Gasteiger partial charge in [-0.05, 0) is 25.9 Å². The maximum absolute atomic E-state index is 5.91. The van der Waals surface area contributed by atoms with Gasteiger partial charge in [-0.25, -0.2) is 0 Å². The van der Waals surface area contributed by atoms with Crippen LogP contribution in [0.4, 0.5) is 0 Å². The Bertz CT molecular complexity index is 548. The number of hydrogen-bond acceptors (Lipinski definition) is 4. The molecule has 1 aromatic rings. The van der Waals surface area contributed by atoms with Crippen LogP contribution in [0.15, 0.2) is 17.4 Å². The lowest BCUT2D eigenvalue weighted by molar-refractivity contribution is -0.00807. The SMILES string of the molecule is CN=C(NCC1CCN(C)C1)N1CCOC(c2cnn(C)c2)C1.I. The molecular formula is C16H29IN6O. The van der Waals surface area contributed by atoms with E-state index in [4.69, 9.17) is 4.74 Å². The van der Waals surface area contributed by atoms with Crippen molar-refractivity contribution in [1.82, 2.24) is 24.9 Å². The van der Waals surface area contributed by atoms with Crippen LogP contribution in [0.5, 0.6) is 0 Å². The molecule has 24 heavy (non-hydrogen) atoms. The van der Waals surface area contributed by atoms with E-state index in [1.54, 1.807) is 0 Å². The van der Waals surface area contributed by atoms with Gasteiger partial charge in [-0.15, -0.1) is 24.0 Å². The minimum atomic E-state index is 0. The molecule has 0 spiro atoms. The van der Waals surface area contributed by atoms with Gasteiger partial charge in [-0.3, -0.25) is 9.67 Å². The van der Waals surface area contributed by atoms with Crippen molar-refractivity contribution in [2.75, 3.05) is 53.4 Å². The topological polar surface area (TPSA) is 57.9 Å². The molecular weight excluding hydrogens is 419 g/mol. The first-order valence-electron chi connectivity index (χ1n) is 8.40.